The van der Waals surface area contributed by atoms with Crippen LogP contribution in [-0.4, -0.2) is 25.3 Å². The van der Waals surface area contributed by atoms with Crippen molar-refractivity contribution >= 4 is 23.2 Å². The van der Waals surface area contributed by atoms with E-state index in [1.54, 1.807) is 6.07 Å². The molecule has 0 spiro atoms. The molecule has 0 radical (unpaired) electrons. The molecular formula is C15H23Cl2NO. The Morgan fingerprint density at radius 1 is 1.32 bits per heavy atom. The molecule has 2 unspecified atom stereocenters. The highest BCUT2D eigenvalue weighted by Crippen LogP contribution is 2.27. The van der Waals surface area contributed by atoms with E-state index in [0.29, 0.717) is 16.7 Å². The molecule has 2 nitrogen and oxygen atoms in total. The summed E-state index contributed by atoms with van der Waals surface area (Å²) in [6.07, 6.45) is 1.76. The second-order valence-corrected chi connectivity index (χ2v) is 5.72. The normalized spacial score (nSPS) is 16.1. The van der Waals surface area contributed by atoms with Crippen LogP contribution in [-0.2, 0) is 11.2 Å². The Morgan fingerprint density at radius 2 is 2.00 bits per heavy atom. The summed E-state index contributed by atoms with van der Waals surface area (Å²) in [6.45, 7) is 7.01. The third-order valence-corrected chi connectivity index (χ3v) is 4.29. The lowest BCUT2D eigenvalue weighted by atomic mass is 9.88. The average molecular weight is 304 g/mol. The highest BCUT2D eigenvalue weighted by molar-refractivity contribution is 6.35. The standard InChI is InChI=1S/C15H23Cl2NO/c1-5-15(3,19-6-2)14(18-4)9-11-7-8-12(16)10-13(11)17/h7-8,10,14,18H,5-6,9H2,1-4H3. The van der Waals surface area contributed by atoms with Crippen LogP contribution < -0.4 is 5.32 Å². The van der Waals surface area contributed by atoms with Crippen molar-refractivity contribution in [1.82, 2.24) is 5.32 Å². The highest BCUT2D eigenvalue weighted by atomic mass is 35.5. The largest absolute Gasteiger partial charge is 0.374 e. The number of benzene rings is 1. The molecule has 1 aromatic carbocycles. The van der Waals surface area contributed by atoms with Gasteiger partial charge in [0, 0.05) is 22.7 Å². The summed E-state index contributed by atoms with van der Waals surface area (Å²) in [5, 5.41) is 4.73. The quantitative estimate of drug-likeness (QED) is 0.809. The van der Waals surface area contributed by atoms with Crippen LogP contribution in [0.25, 0.3) is 0 Å². The molecule has 0 aromatic heterocycles. The molecule has 0 fully saturated rings. The fourth-order valence-electron chi connectivity index (χ4n) is 2.31. The first-order chi connectivity index (χ1) is 8.96. The van der Waals surface area contributed by atoms with Crippen molar-refractivity contribution in [2.75, 3.05) is 13.7 Å². The molecule has 0 saturated heterocycles. The van der Waals surface area contributed by atoms with Gasteiger partial charge in [-0.3, -0.25) is 0 Å². The van der Waals surface area contributed by atoms with Gasteiger partial charge in [0.05, 0.1) is 5.60 Å². The molecule has 0 aliphatic carbocycles. The third-order valence-electron chi connectivity index (χ3n) is 3.70. The SMILES string of the molecule is CCOC(C)(CC)C(Cc1ccc(Cl)cc1Cl)NC. The van der Waals surface area contributed by atoms with E-state index in [1.165, 1.54) is 0 Å². The fourth-order valence-corrected chi connectivity index (χ4v) is 2.79. The molecule has 4 heteroatoms. The van der Waals surface area contributed by atoms with E-state index in [1.807, 2.05) is 26.1 Å². The van der Waals surface area contributed by atoms with Crippen LogP contribution in [0, 0.1) is 0 Å². The minimum Gasteiger partial charge on any atom is -0.374 e. The van der Waals surface area contributed by atoms with E-state index in [0.717, 1.165) is 18.4 Å². The first kappa shape index (κ1) is 16.8. The Hall–Kier alpha value is -0.280. The van der Waals surface area contributed by atoms with E-state index in [-0.39, 0.29) is 11.6 Å². The number of rotatable bonds is 7. The molecule has 0 aliphatic rings. The van der Waals surface area contributed by atoms with E-state index < -0.39 is 0 Å². The number of ether oxygens (including phenoxy) is 1. The minimum atomic E-state index is -0.202. The monoisotopic (exact) mass is 303 g/mol. The molecule has 108 valence electrons. The van der Waals surface area contributed by atoms with E-state index in [9.17, 15) is 0 Å². The number of hydrogen-bond acceptors (Lipinski definition) is 2. The smallest absolute Gasteiger partial charge is 0.0807 e. The van der Waals surface area contributed by atoms with Crippen LogP contribution in [0.2, 0.25) is 10.0 Å². The molecule has 0 bridgehead atoms. The summed E-state index contributed by atoms with van der Waals surface area (Å²) in [7, 11) is 1.96. The van der Waals surface area contributed by atoms with Crippen molar-refractivity contribution in [3.05, 3.63) is 33.8 Å². The Labute approximate surface area is 126 Å². The van der Waals surface area contributed by atoms with Crippen LogP contribution in [0.15, 0.2) is 18.2 Å². The van der Waals surface area contributed by atoms with E-state index >= 15 is 0 Å². The van der Waals surface area contributed by atoms with Crippen molar-refractivity contribution in [3.8, 4) is 0 Å². The summed E-state index contributed by atoms with van der Waals surface area (Å²) in [5.41, 5.74) is 0.886. The minimum absolute atomic E-state index is 0.202. The predicted octanol–water partition coefficient (Wildman–Crippen LogP) is 4.33. The lowest BCUT2D eigenvalue weighted by Gasteiger charge is -2.37. The average Bonchev–Trinajstić information content (AvgIpc) is 2.38. The zero-order valence-corrected chi connectivity index (χ0v) is 13.6. The van der Waals surface area contributed by atoms with Gasteiger partial charge in [0.15, 0.2) is 0 Å². The van der Waals surface area contributed by atoms with Gasteiger partial charge >= 0.3 is 0 Å². The Balaban J connectivity index is 2.92. The van der Waals surface area contributed by atoms with Crippen molar-refractivity contribution in [2.45, 2.75) is 45.3 Å². The summed E-state index contributed by atoms with van der Waals surface area (Å²) < 4.78 is 5.94. The first-order valence-electron chi connectivity index (χ1n) is 6.72. The van der Waals surface area contributed by atoms with Gasteiger partial charge in [0.25, 0.3) is 0 Å². The van der Waals surface area contributed by atoms with Gasteiger partial charge in [-0.15, -0.1) is 0 Å². The summed E-state index contributed by atoms with van der Waals surface area (Å²) in [6, 6.07) is 5.85. The zero-order valence-electron chi connectivity index (χ0n) is 12.1. The summed E-state index contributed by atoms with van der Waals surface area (Å²) >= 11 is 12.2. The van der Waals surface area contributed by atoms with Crippen LogP contribution in [0.4, 0.5) is 0 Å². The van der Waals surface area contributed by atoms with Crippen molar-refractivity contribution in [3.63, 3.8) is 0 Å². The van der Waals surface area contributed by atoms with E-state index in [2.05, 4.69) is 19.2 Å². The lowest BCUT2D eigenvalue weighted by molar-refractivity contribution is -0.0534. The highest BCUT2D eigenvalue weighted by Gasteiger charge is 2.32. The molecule has 1 rings (SSSR count). The van der Waals surface area contributed by atoms with E-state index in [4.69, 9.17) is 27.9 Å². The van der Waals surface area contributed by atoms with Crippen molar-refractivity contribution in [2.24, 2.45) is 0 Å². The number of hydrogen-bond donors (Lipinski definition) is 1. The van der Waals surface area contributed by atoms with Crippen LogP contribution in [0.1, 0.15) is 32.8 Å². The van der Waals surface area contributed by atoms with Gasteiger partial charge in [-0.1, -0.05) is 36.2 Å². The molecule has 1 aromatic rings. The van der Waals surface area contributed by atoms with Crippen molar-refractivity contribution in [1.29, 1.82) is 0 Å². The van der Waals surface area contributed by atoms with Crippen LogP contribution in [0.5, 0.6) is 0 Å². The molecule has 0 heterocycles. The Kier molecular flexibility index (Phi) is 6.61. The lowest BCUT2D eigenvalue weighted by Crippen LogP contribution is -2.50. The van der Waals surface area contributed by atoms with Gasteiger partial charge < -0.3 is 10.1 Å². The fraction of sp³-hybridized carbons (Fsp3) is 0.600. The third kappa shape index (κ3) is 4.35. The number of nitrogens with one attached hydrogen (secondary N) is 1. The zero-order chi connectivity index (χ0) is 14.5. The van der Waals surface area contributed by atoms with Crippen molar-refractivity contribution < 1.29 is 4.74 Å². The predicted molar refractivity (Wildman–Crippen MR) is 83.3 cm³/mol. The Bertz CT molecular complexity index is 411. The maximum atomic E-state index is 6.25. The maximum Gasteiger partial charge on any atom is 0.0807 e. The van der Waals surface area contributed by atoms with Gasteiger partial charge in [-0.05, 0) is 51.4 Å². The summed E-state index contributed by atoms with van der Waals surface area (Å²) in [5.74, 6) is 0. The van der Waals surface area contributed by atoms with Gasteiger partial charge in [0.1, 0.15) is 0 Å². The van der Waals surface area contributed by atoms with Gasteiger partial charge in [-0.25, -0.2) is 0 Å². The second-order valence-electron chi connectivity index (χ2n) is 4.88. The summed E-state index contributed by atoms with van der Waals surface area (Å²) in [4.78, 5) is 0. The number of halogens is 2. The second kappa shape index (κ2) is 7.49. The van der Waals surface area contributed by atoms with Crippen LogP contribution in [0.3, 0.4) is 0 Å². The Morgan fingerprint density at radius 3 is 2.47 bits per heavy atom. The molecule has 0 aliphatic heterocycles. The number of likely N-dealkylation sites (N-methyl/N-ethyl adjacent to an activating group) is 1. The molecule has 0 saturated carbocycles. The first-order valence-corrected chi connectivity index (χ1v) is 7.47. The molecule has 19 heavy (non-hydrogen) atoms. The maximum absolute atomic E-state index is 6.25. The molecule has 0 amide bonds. The topological polar surface area (TPSA) is 21.3 Å². The van der Waals surface area contributed by atoms with Crippen LogP contribution >= 0.6 is 23.2 Å². The molecule has 2 atom stereocenters. The molecule has 1 N–H and O–H groups in total. The van der Waals surface area contributed by atoms with Gasteiger partial charge in [-0.2, -0.15) is 0 Å². The van der Waals surface area contributed by atoms with Gasteiger partial charge in [0.2, 0.25) is 0 Å². The molecular weight excluding hydrogens is 281 g/mol.